The standard InChI is InChI=1S/C21H29N3O2/c1-3-13-24(14-4-2)16-20(25)22-19-12-8-9-17(15-19)21(26)23-18-10-6-5-7-11-18/h3-4,8-9,12,15,18H,1-2,5-7,10-11,13-14,16H2,(H,22,25)(H,23,26). The first-order valence-corrected chi connectivity index (χ1v) is 9.27. The van der Waals surface area contributed by atoms with Gasteiger partial charge < -0.3 is 10.6 Å². The lowest BCUT2D eigenvalue weighted by molar-refractivity contribution is -0.117. The number of carbonyl (C=O) groups is 2. The zero-order valence-electron chi connectivity index (χ0n) is 15.4. The quantitative estimate of drug-likeness (QED) is 0.668. The summed E-state index contributed by atoms with van der Waals surface area (Å²) < 4.78 is 0. The second-order valence-electron chi connectivity index (χ2n) is 6.71. The number of amides is 2. The average molecular weight is 355 g/mol. The first-order chi connectivity index (χ1) is 12.6. The molecule has 1 fully saturated rings. The Hall–Kier alpha value is -2.40. The molecule has 1 aromatic carbocycles. The van der Waals surface area contributed by atoms with Crippen LogP contribution in [0.3, 0.4) is 0 Å². The van der Waals surface area contributed by atoms with Crippen molar-refractivity contribution in [3.05, 3.63) is 55.1 Å². The molecule has 0 aliphatic heterocycles. The van der Waals surface area contributed by atoms with Crippen LogP contribution in [0.15, 0.2) is 49.6 Å². The van der Waals surface area contributed by atoms with Crippen molar-refractivity contribution in [1.82, 2.24) is 10.2 Å². The highest BCUT2D eigenvalue weighted by Gasteiger charge is 2.17. The predicted molar refractivity (Wildman–Crippen MR) is 106 cm³/mol. The van der Waals surface area contributed by atoms with Gasteiger partial charge in [0.15, 0.2) is 0 Å². The Labute approximate surface area is 156 Å². The van der Waals surface area contributed by atoms with Crippen molar-refractivity contribution in [3.8, 4) is 0 Å². The zero-order valence-corrected chi connectivity index (χ0v) is 15.4. The minimum atomic E-state index is -0.126. The molecule has 0 atom stereocenters. The summed E-state index contributed by atoms with van der Waals surface area (Å²) in [6.45, 7) is 8.88. The molecule has 1 aliphatic carbocycles. The van der Waals surface area contributed by atoms with Crippen molar-refractivity contribution in [2.75, 3.05) is 25.0 Å². The number of nitrogens with one attached hydrogen (secondary N) is 2. The van der Waals surface area contributed by atoms with E-state index in [4.69, 9.17) is 0 Å². The van der Waals surface area contributed by atoms with E-state index in [-0.39, 0.29) is 24.4 Å². The van der Waals surface area contributed by atoms with Crippen LogP contribution in [0.4, 0.5) is 5.69 Å². The molecule has 140 valence electrons. The van der Waals surface area contributed by atoms with Gasteiger partial charge in [0.05, 0.1) is 6.54 Å². The Morgan fingerprint density at radius 2 is 1.81 bits per heavy atom. The summed E-state index contributed by atoms with van der Waals surface area (Å²) in [6.07, 6.45) is 9.21. The topological polar surface area (TPSA) is 61.4 Å². The van der Waals surface area contributed by atoms with Crippen LogP contribution in [0.1, 0.15) is 42.5 Å². The van der Waals surface area contributed by atoms with Gasteiger partial charge in [0.2, 0.25) is 5.91 Å². The molecule has 2 N–H and O–H groups in total. The first-order valence-electron chi connectivity index (χ1n) is 9.27. The number of hydrogen-bond donors (Lipinski definition) is 2. The molecule has 2 rings (SSSR count). The minimum Gasteiger partial charge on any atom is -0.349 e. The number of benzene rings is 1. The fraction of sp³-hybridized carbons (Fsp3) is 0.429. The van der Waals surface area contributed by atoms with Gasteiger partial charge in [-0.3, -0.25) is 14.5 Å². The lowest BCUT2D eigenvalue weighted by Crippen LogP contribution is -2.36. The van der Waals surface area contributed by atoms with E-state index in [1.165, 1.54) is 19.3 Å². The molecule has 2 amide bonds. The van der Waals surface area contributed by atoms with E-state index in [9.17, 15) is 9.59 Å². The van der Waals surface area contributed by atoms with Gasteiger partial charge in [-0.1, -0.05) is 37.5 Å². The number of anilines is 1. The van der Waals surface area contributed by atoms with Crippen LogP contribution in [-0.4, -0.2) is 42.4 Å². The summed E-state index contributed by atoms with van der Waals surface area (Å²) in [5, 5.41) is 5.96. The molecule has 5 heteroatoms. The van der Waals surface area contributed by atoms with Crippen molar-refractivity contribution < 1.29 is 9.59 Å². The fourth-order valence-electron chi connectivity index (χ4n) is 3.23. The summed E-state index contributed by atoms with van der Waals surface area (Å²) >= 11 is 0. The van der Waals surface area contributed by atoms with E-state index >= 15 is 0 Å². The van der Waals surface area contributed by atoms with Gasteiger partial charge >= 0.3 is 0 Å². The molecule has 1 aliphatic rings. The van der Waals surface area contributed by atoms with Crippen molar-refractivity contribution in [3.63, 3.8) is 0 Å². The molecule has 0 spiro atoms. The van der Waals surface area contributed by atoms with E-state index in [0.29, 0.717) is 24.3 Å². The number of nitrogens with zero attached hydrogens (tertiary/aromatic N) is 1. The van der Waals surface area contributed by atoms with Gasteiger partial charge in [0.25, 0.3) is 5.91 Å². The van der Waals surface area contributed by atoms with Crippen LogP contribution < -0.4 is 10.6 Å². The summed E-state index contributed by atoms with van der Waals surface area (Å²) in [5.41, 5.74) is 1.20. The average Bonchev–Trinajstić information content (AvgIpc) is 2.63. The predicted octanol–water partition coefficient (Wildman–Crippen LogP) is 3.36. The van der Waals surface area contributed by atoms with E-state index in [2.05, 4.69) is 23.8 Å². The maximum Gasteiger partial charge on any atom is 0.251 e. The molecule has 0 saturated heterocycles. The largest absolute Gasteiger partial charge is 0.349 e. The maximum atomic E-state index is 12.4. The molecular weight excluding hydrogens is 326 g/mol. The lowest BCUT2D eigenvalue weighted by atomic mass is 9.95. The first kappa shape index (κ1) is 19.9. The van der Waals surface area contributed by atoms with Crippen LogP contribution in [0.5, 0.6) is 0 Å². The molecule has 1 saturated carbocycles. The highest BCUT2D eigenvalue weighted by atomic mass is 16.2. The Morgan fingerprint density at radius 1 is 1.12 bits per heavy atom. The number of rotatable bonds is 9. The Balaban J connectivity index is 1.92. The SMILES string of the molecule is C=CCN(CC=C)CC(=O)Nc1cccc(C(=O)NC2CCCCC2)c1. The van der Waals surface area contributed by atoms with Gasteiger partial charge in [-0.25, -0.2) is 0 Å². The lowest BCUT2D eigenvalue weighted by Gasteiger charge is -2.23. The van der Waals surface area contributed by atoms with Crippen LogP contribution in [0.25, 0.3) is 0 Å². The monoisotopic (exact) mass is 355 g/mol. The maximum absolute atomic E-state index is 12.4. The van der Waals surface area contributed by atoms with Crippen LogP contribution in [0.2, 0.25) is 0 Å². The fourth-order valence-corrected chi connectivity index (χ4v) is 3.23. The van der Waals surface area contributed by atoms with Gasteiger partial charge in [-0.2, -0.15) is 0 Å². The van der Waals surface area contributed by atoms with Crippen LogP contribution in [0, 0.1) is 0 Å². The molecule has 0 unspecified atom stereocenters. The second kappa shape index (κ2) is 10.6. The third-order valence-electron chi connectivity index (χ3n) is 4.49. The summed E-state index contributed by atoms with van der Waals surface area (Å²) in [5.74, 6) is -0.202. The van der Waals surface area contributed by atoms with Gasteiger partial charge in [-0.05, 0) is 31.0 Å². The van der Waals surface area contributed by atoms with E-state index < -0.39 is 0 Å². The van der Waals surface area contributed by atoms with E-state index in [1.807, 2.05) is 4.90 Å². The molecule has 0 heterocycles. The number of hydrogen-bond acceptors (Lipinski definition) is 3. The van der Waals surface area contributed by atoms with Gasteiger partial charge in [0, 0.05) is 30.4 Å². The Kier molecular flexibility index (Phi) is 8.09. The zero-order chi connectivity index (χ0) is 18.8. The smallest absolute Gasteiger partial charge is 0.251 e. The van der Waals surface area contributed by atoms with E-state index in [0.717, 1.165) is 12.8 Å². The van der Waals surface area contributed by atoms with Crippen molar-refractivity contribution in [1.29, 1.82) is 0 Å². The molecule has 0 bridgehead atoms. The van der Waals surface area contributed by atoms with Crippen LogP contribution in [-0.2, 0) is 4.79 Å². The molecule has 1 aromatic rings. The van der Waals surface area contributed by atoms with Gasteiger partial charge in [0.1, 0.15) is 0 Å². The summed E-state index contributed by atoms with van der Waals surface area (Å²) in [4.78, 5) is 26.6. The molecule has 5 nitrogen and oxygen atoms in total. The van der Waals surface area contributed by atoms with Crippen molar-refractivity contribution in [2.45, 2.75) is 38.1 Å². The van der Waals surface area contributed by atoms with Crippen molar-refractivity contribution >= 4 is 17.5 Å². The van der Waals surface area contributed by atoms with Crippen molar-refractivity contribution in [2.24, 2.45) is 0 Å². The number of carbonyl (C=O) groups excluding carboxylic acids is 2. The van der Waals surface area contributed by atoms with Gasteiger partial charge in [-0.15, -0.1) is 13.2 Å². The molecular formula is C21H29N3O2. The Bertz CT molecular complexity index is 626. The molecule has 0 radical (unpaired) electrons. The normalized spacial score (nSPS) is 14.7. The molecule has 0 aromatic heterocycles. The third kappa shape index (κ3) is 6.48. The summed E-state index contributed by atoms with van der Waals surface area (Å²) in [7, 11) is 0. The highest BCUT2D eigenvalue weighted by Crippen LogP contribution is 2.18. The Morgan fingerprint density at radius 3 is 2.46 bits per heavy atom. The second-order valence-corrected chi connectivity index (χ2v) is 6.71. The minimum absolute atomic E-state index is 0.0760. The third-order valence-corrected chi connectivity index (χ3v) is 4.49. The van der Waals surface area contributed by atoms with E-state index in [1.54, 1.807) is 36.4 Å². The highest BCUT2D eigenvalue weighted by molar-refractivity contribution is 5.97. The van der Waals surface area contributed by atoms with Crippen LogP contribution >= 0.6 is 0 Å². The molecule has 26 heavy (non-hydrogen) atoms. The summed E-state index contributed by atoms with van der Waals surface area (Å²) in [6, 6.07) is 7.34.